The molecular formula is C23H24N4O4S. The quantitative estimate of drug-likeness (QED) is 0.539. The summed E-state index contributed by atoms with van der Waals surface area (Å²) in [6.07, 6.45) is 5.28. The first-order valence-electron chi connectivity index (χ1n) is 10.9. The van der Waals surface area contributed by atoms with Gasteiger partial charge in [-0.1, -0.05) is 17.3 Å². The first-order valence-corrected chi connectivity index (χ1v) is 12.8. The van der Waals surface area contributed by atoms with Gasteiger partial charge in [0.2, 0.25) is 0 Å². The molecule has 0 radical (unpaired) electrons. The van der Waals surface area contributed by atoms with Gasteiger partial charge in [-0.2, -0.15) is 4.98 Å². The smallest absolute Gasteiger partial charge is 0.324 e. The summed E-state index contributed by atoms with van der Waals surface area (Å²) in [6, 6.07) is 11.2. The van der Waals surface area contributed by atoms with Crippen molar-refractivity contribution in [3.63, 3.8) is 0 Å². The molecule has 0 spiro atoms. The Bertz CT molecular complexity index is 1220. The number of rotatable bonds is 7. The maximum Gasteiger partial charge on any atom is 0.324 e. The fourth-order valence-corrected chi connectivity index (χ4v) is 5.25. The van der Waals surface area contributed by atoms with E-state index in [9.17, 15) is 8.42 Å². The van der Waals surface area contributed by atoms with E-state index in [0.717, 1.165) is 35.9 Å². The van der Waals surface area contributed by atoms with Gasteiger partial charge in [0.15, 0.2) is 15.7 Å². The van der Waals surface area contributed by atoms with Crippen LogP contribution in [0.25, 0.3) is 11.3 Å². The number of sulfone groups is 1. The number of fused-ring (bicyclic) bond motifs is 1. The molecule has 3 atom stereocenters. The van der Waals surface area contributed by atoms with Crippen LogP contribution in [0.3, 0.4) is 0 Å². The van der Waals surface area contributed by atoms with E-state index in [4.69, 9.17) is 9.26 Å². The Morgan fingerprint density at radius 2 is 1.84 bits per heavy atom. The highest BCUT2D eigenvalue weighted by Crippen LogP contribution is 2.52. The topological polar surface area (TPSA) is 98.4 Å². The zero-order valence-electron chi connectivity index (χ0n) is 17.7. The predicted molar refractivity (Wildman–Crippen MR) is 117 cm³/mol. The van der Waals surface area contributed by atoms with E-state index in [-0.39, 0.29) is 0 Å². The lowest BCUT2D eigenvalue weighted by atomic mass is 10.1. The standard InChI is InChI=1S/C23H24N4O4S/c1-32(28,29)17-7-4-14(5-8-17)21-9-6-16(10-24-21)30-13-20-18-11-27(12-19(18)20)23-25-22(26-31-23)15-2-3-15/h4-10,15,18-20H,2-3,11-13H2,1H3/t18-,19+,20?. The van der Waals surface area contributed by atoms with Crippen LogP contribution in [0.1, 0.15) is 24.6 Å². The minimum atomic E-state index is -3.20. The lowest BCUT2D eigenvalue weighted by Crippen LogP contribution is -2.25. The molecule has 3 fully saturated rings. The summed E-state index contributed by atoms with van der Waals surface area (Å²) in [7, 11) is -3.20. The zero-order chi connectivity index (χ0) is 21.9. The molecule has 3 aromatic rings. The van der Waals surface area contributed by atoms with Gasteiger partial charge in [-0.25, -0.2) is 8.42 Å². The maximum atomic E-state index is 11.6. The van der Waals surface area contributed by atoms with Crippen molar-refractivity contribution in [1.29, 1.82) is 0 Å². The highest BCUT2D eigenvalue weighted by molar-refractivity contribution is 7.90. The van der Waals surface area contributed by atoms with Crippen molar-refractivity contribution in [2.24, 2.45) is 17.8 Å². The van der Waals surface area contributed by atoms with Crippen molar-refractivity contribution in [3.8, 4) is 17.0 Å². The number of ether oxygens (including phenoxy) is 1. The van der Waals surface area contributed by atoms with Crippen molar-refractivity contribution in [2.75, 3.05) is 30.9 Å². The van der Waals surface area contributed by atoms with Gasteiger partial charge in [0.05, 0.1) is 23.4 Å². The lowest BCUT2D eigenvalue weighted by molar-refractivity contribution is 0.281. The van der Waals surface area contributed by atoms with Gasteiger partial charge in [0, 0.05) is 36.7 Å². The summed E-state index contributed by atoms with van der Waals surface area (Å²) >= 11 is 0. The minimum Gasteiger partial charge on any atom is -0.492 e. The number of hydrogen-bond acceptors (Lipinski definition) is 8. The van der Waals surface area contributed by atoms with Crippen LogP contribution in [0.5, 0.6) is 5.75 Å². The van der Waals surface area contributed by atoms with E-state index in [1.165, 1.54) is 19.1 Å². The number of pyridine rings is 1. The number of hydrogen-bond donors (Lipinski definition) is 0. The summed E-state index contributed by atoms with van der Waals surface area (Å²) in [5, 5.41) is 4.12. The van der Waals surface area contributed by atoms with E-state index < -0.39 is 9.84 Å². The molecule has 0 amide bonds. The summed E-state index contributed by atoms with van der Waals surface area (Å²) in [5.41, 5.74) is 1.65. The van der Waals surface area contributed by atoms with Crippen molar-refractivity contribution >= 4 is 15.9 Å². The highest BCUT2D eigenvalue weighted by Gasteiger charge is 2.56. The third-order valence-corrected chi connectivity index (χ3v) is 7.90. The summed E-state index contributed by atoms with van der Waals surface area (Å²) < 4.78 is 34.6. The molecule has 2 aliphatic carbocycles. The van der Waals surface area contributed by atoms with Gasteiger partial charge < -0.3 is 14.2 Å². The van der Waals surface area contributed by atoms with Gasteiger partial charge >= 0.3 is 6.01 Å². The van der Waals surface area contributed by atoms with Crippen LogP contribution in [-0.2, 0) is 9.84 Å². The first-order chi connectivity index (χ1) is 15.5. The number of anilines is 1. The molecule has 1 aliphatic heterocycles. The van der Waals surface area contributed by atoms with Crippen molar-refractivity contribution in [2.45, 2.75) is 23.7 Å². The van der Waals surface area contributed by atoms with Gasteiger partial charge in [-0.15, -0.1) is 0 Å². The fourth-order valence-electron chi connectivity index (χ4n) is 4.62. The van der Waals surface area contributed by atoms with Crippen LogP contribution in [0, 0.1) is 17.8 Å². The lowest BCUT2D eigenvalue weighted by Gasteiger charge is -2.16. The van der Waals surface area contributed by atoms with E-state index in [1.54, 1.807) is 30.5 Å². The number of nitrogens with zero attached hydrogens (tertiary/aromatic N) is 4. The van der Waals surface area contributed by atoms with E-state index in [2.05, 4.69) is 20.0 Å². The van der Waals surface area contributed by atoms with Crippen molar-refractivity contribution < 1.29 is 17.7 Å². The highest BCUT2D eigenvalue weighted by atomic mass is 32.2. The molecule has 2 aromatic heterocycles. The minimum absolute atomic E-state index is 0.303. The normalized spacial score (nSPS) is 24.4. The Kier molecular flexibility index (Phi) is 4.50. The molecule has 3 heterocycles. The Morgan fingerprint density at radius 1 is 1.09 bits per heavy atom. The molecule has 32 heavy (non-hydrogen) atoms. The Labute approximate surface area is 186 Å². The average Bonchev–Trinajstić information content (AvgIpc) is 3.64. The SMILES string of the molecule is CS(=O)(=O)c1ccc(-c2ccc(OCC3[C@H]4CN(c5nc(C6CC6)no5)C[C@@H]34)cn2)cc1. The van der Waals surface area contributed by atoms with Crippen LogP contribution < -0.4 is 9.64 Å². The van der Waals surface area contributed by atoms with E-state index in [0.29, 0.717) is 41.2 Å². The van der Waals surface area contributed by atoms with Crippen LogP contribution >= 0.6 is 0 Å². The number of piperidine rings is 1. The Balaban J connectivity index is 1.01. The number of aromatic nitrogens is 3. The van der Waals surface area contributed by atoms with E-state index in [1.807, 2.05) is 12.1 Å². The van der Waals surface area contributed by atoms with E-state index >= 15 is 0 Å². The van der Waals surface area contributed by atoms with Gasteiger partial charge in [-0.05, 0) is 48.9 Å². The Hall–Kier alpha value is -2.94. The molecule has 9 heteroatoms. The molecule has 6 rings (SSSR count). The molecule has 0 bridgehead atoms. The molecule has 1 unspecified atom stereocenters. The zero-order valence-corrected chi connectivity index (χ0v) is 18.5. The summed E-state index contributed by atoms with van der Waals surface area (Å²) in [6.45, 7) is 2.59. The largest absolute Gasteiger partial charge is 0.492 e. The second-order valence-corrected chi connectivity index (χ2v) is 11.1. The summed E-state index contributed by atoms with van der Waals surface area (Å²) in [4.78, 5) is 11.5. The fraction of sp³-hybridized carbons (Fsp3) is 0.435. The monoisotopic (exact) mass is 452 g/mol. The third-order valence-electron chi connectivity index (χ3n) is 6.77. The molecule has 2 saturated carbocycles. The van der Waals surface area contributed by atoms with Crippen LogP contribution in [-0.4, -0.2) is 49.5 Å². The molecule has 3 aliphatic rings. The molecular weight excluding hydrogens is 428 g/mol. The molecule has 8 nitrogen and oxygen atoms in total. The third kappa shape index (κ3) is 3.74. The molecule has 166 valence electrons. The van der Waals surface area contributed by atoms with Crippen LogP contribution in [0.15, 0.2) is 52.0 Å². The van der Waals surface area contributed by atoms with Gasteiger partial charge in [-0.3, -0.25) is 4.98 Å². The molecule has 0 N–H and O–H groups in total. The molecule has 1 saturated heterocycles. The van der Waals surface area contributed by atoms with Gasteiger partial charge in [0.1, 0.15) is 5.75 Å². The second-order valence-electron chi connectivity index (χ2n) is 9.09. The average molecular weight is 453 g/mol. The van der Waals surface area contributed by atoms with Crippen LogP contribution in [0.2, 0.25) is 0 Å². The van der Waals surface area contributed by atoms with Gasteiger partial charge in [0.25, 0.3) is 0 Å². The number of benzene rings is 1. The predicted octanol–water partition coefficient (Wildman–Crippen LogP) is 3.17. The Morgan fingerprint density at radius 3 is 2.47 bits per heavy atom. The summed E-state index contributed by atoms with van der Waals surface area (Å²) in [5.74, 6) is 3.91. The first kappa shape index (κ1) is 19.7. The van der Waals surface area contributed by atoms with Crippen molar-refractivity contribution in [3.05, 3.63) is 48.4 Å². The molecule has 1 aromatic carbocycles. The second kappa shape index (κ2) is 7.30. The van der Waals surface area contributed by atoms with Crippen molar-refractivity contribution in [1.82, 2.24) is 15.1 Å². The maximum absolute atomic E-state index is 11.6. The van der Waals surface area contributed by atoms with Crippen LogP contribution in [0.4, 0.5) is 6.01 Å².